The predicted molar refractivity (Wildman–Crippen MR) is 147 cm³/mol. The largest absolute Gasteiger partial charge is 0.499 e. The predicted octanol–water partition coefficient (Wildman–Crippen LogP) is 3.32. The highest BCUT2D eigenvalue weighted by atomic mass is 32.2. The monoisotopic (exact) mass is 566 g/mol. The standard InChI is InChI=1S/C26H30N8O5S/c1-8-22(38-6)23(16(2)37-5)34-25(21-11-12-33(4)31-21)29-30-26(34)32-40(35,36)17(3)24(39-7)20-10-9-18(14-27)13-19(20)15-28/h9-13,17,24H,2,8H2,1,3-7H3,(H,30,32)/b23-22-/t17-,24-/m0/s1. The quantitative estimate of drug-likeness (QED) is 0.253. The minimum absolute atomic E-state index is 0.128. The van der Waals surface area contributed by atoms with Crippen molar-refractivity contribution in [2.45, 2.75) is 31.6 Å². The van der Waals surface area contributed by atoms with Crippen LogP contribution in [-0.2, 0) is 31.3 Å². The van der Waals surface area contributed by atoms with Crippen LogP contribution >= 0.6 is 0 Å². The molecule has 40 heavy (non-hydrogen) atoms. The number of aryl methyl sites for hydroxylation is 1. The van der Waals surface area contributed by atoms with Crippen LogP contribution in [-0.4, -0.2) is 59.5 Å². The van der Waals surface area contributed by atoms with Gasteiger partial charge in [0.1, 0.15) is 34.3 Å². The summed E-state index contributed by atoms with van der Waals surface area (Å²) in [5, 5.41) is 30.4. The molecule has 0 aliphatic carbocycles. The summed E-state index contributed by atoms with van der Waals surface area (Å²) in [6.07, 6.45) is 1.07. The van der Waals surface area contributed by atoms with Crippen molar-refractivity contribution >= 4 is 21.7 Å². The molecule has 0 unspecified atom stereocenters. The Hall–Kier alpha value is -4.66. The van der Waals surface area contributed by atoms with Crippen molar-refractivity contribution < 1.29 is 22.6 Å². The summed E-state index contributed by atoms with van der Waals surface area (Å²) in [6.45, 7) is 7.25. The summed E-state index contributed by atoms with van der Waals surface area (Å²) in [6, 6.07) is 10.1. The fourth-order valence-corrected chi connectivity index (χ4v) is 5.25. The third kappa shape index (κ3) is 5.83. The van der Waals surface area contributed by atoms with Crippen LogP contribution in [0.4, 0.5) is 5.95 Å². The lowest BCUT2D eigenvalue weighted by atomic mass is 9.99. The summed E-state index contributed by atoms with van der Waals surface area (Å²) < 4.78 is 49.5. The van der Waals surface area contributed by atoms with Gasteiger partial charge in [-0.25, -0.2) is 8.42 Å². The first-order valence-electron chi connectivity index (χ1n) is 12.0. The smallest absolute Gasteiger partial charge is 0.243 e. The van der Waals surface area contributed by atoms with Crippen LogP contribution in [0, 0.1) is 22.7 Å². The van der Waals surface area contributed by atoms with Crippen LogP contribution in [0.25, 0.3) is 17.2 Å². The Morgan fingerprint density at radius 2 is 1.88 bits per heavy atom. The number of rotatable bonds is 12. The van der Waals surface area contributed by atoms with Crippen LogP contribution in [0.2, 0.25) is 0 Å². The van der Waals surface area contributed by atoms with Crippen molar-refractivity contribution in [3.8, 4) is 23.7 Å². The zero-order valence-electron chi connectivity index (χ0n) is 23.0. The Morgan fingerprint density at radius 1 is 1.15 bits per heavy atom. The molecule has 2 atom stereocenters. The number of hydrogen-bond acceptors (Lipinski definition) is 10. The highest BCUT2D eigenvalue weighted by molar-refractivity contribution is 7.93. The number of allylic oxidation sites excluding steroid dienone is 2. The Kier molecular flexibility index (Phi) is 9.31. The SMILES string of the molecule is C=C(OC)/C(=C(\CC)OC)n1c(NS(=O)(=O)[C@@H](C)[C@H](OC)c2ccc(C#N)cc2C#N)nnc1-c1ccn(C)n1. The van der Waals surface area contributed by atoms with Gasteiger partial charge in [0, 0.05) is 26.8 Å². The highest BCUT2D eigenvalue weighted by Crippen LogP contribution is 2.33. The fourth-order valence-electron chi connectivity index (χ4n) is 4.10. The molecule has 3 rings (SSSR count). The molecule has 0 fully saturated rings. The molecule has 0 saturated carbocycles. The molecule has 1 aromatic carbocycles. The van der Waals surface area contributed by atoms with Gasteiger partial charge in [-0.1, -0.05) is 19.6 Å². The second-order valence-electron chi connectivity index (χ2n) is 8.55. The maximum Gasteiger partial charge on any atom is 0.243 e. The molecule has 0 spiro atoms. The Balaban J connectivity index is 2.17. The molecule has 0 aliphatic rings. The lowest BCUT2D eigenvalue weighted by Gasteiger charge is -2.25. The number of methoxy groups -OCH3 is 3. The number of anilines is 1. The molecule has 210 valence electrons. The number of aromatic nitrogens is 5. The van der Waals surface area contributed by atoms with E-state index in [-0.39, 0.29) is 28.7 Å². The third-order valence-electron chi connectivity index (χ3n) is 6.18. The lowest BCUT2D eigenvalue weighted by molar-refractivity contribution is 0.102. The van der Waals surface area contributed by atoms with Crippen LogP contribution in [0.1, 0.15) is 43.1 Å². The van der Waals surface area contributed by atoms with Crippen molar-refractivity contribution in [3.63, 3.8) is 0 Å². The summed E-state index contributed by atoms with van der Waals surface area (Å²) in [7, 11) is 1.74. The van der Waals surface area contributed by atoms with Crippen molar-refractivity contribution in [1.82, 2.24) is 24.5 Å². The van der Waals surface area contributed by atoms with Crippen LogP contribution < -0.4 is 4.72 Å². The first kappa shape index (κ1) is 29.9. The number of hydrogen-bond donors (Lipinski definition) is 1. The topological polar surface area (TPSA) is 170 Å². The summed E-state index contributed by atoms with van der Waals surface area (Å²) in [5.74, 6) is 0.654. The third-order valence-corrected chi connectivity index (χ3v) is 7.88. The molecule has 0 bridgehead atoms. The van der Waals surface area contributed by atoms with E-state index in [4.69, 9.17) is 14.2 Å². The van der Waals surface area contributed by atoms with E-state index in [1.165, 1.54) is 51.0 Å². The van der Waals surface area contributed by atoms with Crippen molar-refractivity contribution in [2.24, 2.45) is 7.05 Å². The fraction of sp³-hybridized carbons (Fsp3) is 0.346. The molecular formula is C26H30N8O5S. The zero-order chi connectivity index (χ0) is 29.6. The van der Waals surface area contributed by atoms with E-state index in [1.54, 1.807) is 24.0 Å². The molecular weight excluding hydrogens is 536 g/mol. The van der Waals surface area contributed by atoms with Crippen molar-refractivity contribution in [1.29, 1.82) is 10.5 Å². The zero-order valence-corrected chi connectivity index (χ0v) is 23.9. The van der Waals surface area contributed by atoms with E-state index in [0.717, 1.165) is 0 Å². The number of sulfonamides is 1. The number of ether oxygens (including phenoxy) is 3. The molecule has 1 N–H and O–H groups in total. The average molecular weight is 567 g/mol. The number of benzene rings is 1. The molecule has 14 heteroatoms. The van der Waals surface area contributed by atoms with Gasteiger partial charge >= 0.3 is 0 Å². The van der Waals surface area contributed by atoms with Gasteiger partial charge in [-0.2, -0.15) is 15.6 Å². The summed E-state index contributed by atoms with van der Waals surface area (Å²) >= 11 is 0. The second kappa shape index (κ2) is 12.5. The normalized spacial score (nSPS) is 13.4. The number of nitriles is 2. The average Bonchev–Trinajstić information content (AvgIpc) is 3.56. The van der Waals surface area contributed by atoms with Crippen molar-refractivity contribution in [3.05, 3.63) is 65.2 Å². The highest BCUT2D eigenvalue weighted by Gasteiger charge is 2.35. The van der Waals surface area contributed by atoms with E-state index in [0.29, 0.717) is 29.1 Å². The number of nitrogens with zero attached hydrogens (tertiary/aromatic N) is 7. The van der Waals surface area contributed by atoms with E-state index in [1.807, 2.05) is 19.1 Å². The lowest BCUT2D eigenvalue weighted by Crippen LogP contribution is -2.33. The minimum Gasteiger partial charge on any atom is -0.499 e. The van der Waals surface area contributed by atoms with E-state index in [9.17, 15) is 18.9 Å². The number of nitrogens with one attached hydrogen (secondary N) is 1. The van der Waals surface area contributed by atoms with Crippen molar-refractivity contribution in [2.75, 3.05) is 26.1 Å². The molecule has 0 radical (unpaired) electrons. The van der Waals surface area contributed by atoms with Gasteiger partial charge in [-0.05, 0) is 30.7 Å². The van der Waals surface area contributed by atoms with Crippen LogP contribution in [0.3, 0.4) is 0 Å². The first-order chi connectivity index (χ1) is 19.1. The first-order valence-corrected chi connectivity index (χ1v) is 13.6. The molecule has 13 nitrogen and oxygen atoms in total. The van der Waals surface area contributed by atoms with E-state index in [2.05, 4.69) is 26.6 Å². The van der Waals surface area contributed by atoms with Crippen LogP contribution in [0.15, 0.2) is 48.6 Å². The molecule has 2 aromatic heterocycles. The molecule has 0 amide bonds. The molecule has 0 saturated heterocycles. The van der Waals surface area contributed by atoms with Gasteiger partial charge in [-0.3, -0.25) is 14.0 Å². The maximum atomic E-state index is 13.7. The maximum absolute atomic E-state index is 13.7. The molecule has 3 aromatic rings. The van der Waals surface area contributed by atoms with E-state index < -0.39 is 21.4 Å². The van der Waals surface area contributed by atoms with Gasteiger partial charge < -0.3 is 14.2 Å². The summed E-state index contributed by atoms with van der Waals surface area (Å²) in [4.78, 5) is 0. The van der Waals surface area contributed by atoms with Gasteiger partial charge in [-0.15, -0.1) is 10.2 Å². The molecule has 2 heterocycles. The van der Waals surface area contributed by atoms with Crippen LogP contribution in [0.5, 0.6) is 0 Å². The Bertz CT molecular complexity index is 1620. The van der Waals surface area contributed by atoms with Gasteiger partial charge in [0.2, 0.25) is 16.0 Å². The molecule has 0 aliphatic heterocycles. The van der Waals surface area contributed by atoms with Gasteiger partial charge in [0.15, 0.2) is 5.82 Å². The second-order valence-corrected chi connectivity index (χ2v) is 10.6. The minimum atomic E-state index is -4.24. The van der Waals surface area contributed by atoms with E-state index >= 15 is 0 Å². The van der Waals surface area contributed by atoms with Gasteiger partial charge in [0.05, 0.1) is 37.5 Å². The Morgan fingerprint density at radius 3 is 2.40 bits per heavy atom. The van der Waals surface area contributed by atoms with Gasteiger partial charge in [0.25, 0.3) is 0 Å². The summed E-state index contributed by atoms with van der Waals surface area (Å²) in [5.41, 5.74) is 1.42. The Labute approximate surface area is 233 Å².